The Morgan fingerprint density at radius 3 is 2.36 bits per heavy atom. The van der Waals surface area contributed by atoms with Gasteiger partial charge in [0.05, 0.1) is 12.5 Å². The minimum atomic E-state index is -4.11. The van der Waals surface area contributed by atoms with Crippen LogP contribution >= 0.6 is 0 Å². The Bertz CT molecular complexity index is 136. The Morgan fingerprint density at radius 1 is 1.45 bits per heavy atom. The van der Waals surface area contributed by atoms with E-state index in [2.05, 4.69) is 5.32 Å². The van der Waals surface area contributed by atoms with E-state index in [1.165, 1.54) is 0 Å². The number of aliphatic hydroxyl groups excluding tert-OH is 1. The molecule has 0 radical (unpaired) electrons. The SMILES string of the molecule is OC[C@@H]1C[C@@H](C(F)(F)F)CN1. The molecule has 1 saturated heterocycles. The summed E-state index contributed by atoms with van der Waals surface area (Å²) in [5.41, 5.74) is 0. The van der Waals surface area contributed by atoms with E-state index in [-0.39, 0.29) is 25.6 Å². The standard InChI is InChI=1S/C6H10F3NO/c7-6(8,9)4-1-5(3-11)10-2-4/h4-5,10-11H,1-3H2/t4-,5+/m1/s1. The third-order valence-electron chi connectivity index (χ3n) is 1.91. The van der Waals surface area contributed by atoms with Gasteiger partial charge in [0.15, 0.2) is 0 Å². The van der Waals surface area contributed by atoms with Crippen molar-refractivity contribution in [1.82, 2.24) is 5.32 Å². The molecular weight excluding hydrogens is 159 g/mol. The third kappa shape index (κ3) is 2.07. The molecule has 0 bridgehead atoms. The molecule has 0 aromatic rings. The van der Waals surface area contributed by atoms with Crippen molar-refractivity contribution in [3.8, 4) is 0 Å². The maximum absolute atomic E-state index is 11.9. The van der Waals surface area contributed by atoms with Gasteiger partial charge in [0, 0.05) is 12.6 Å². The Kier molecular flexibility index (Phi) is 2.39. The highest BCUT2D eigenvalue weighted by Gasteiger charge is 2.43. The first-order valence-corrected chi connectivity index (χ1v) is 3.45. The van der Waals surface area contributed by atoms with Crippen LogP contribution < -0.4 is 5.32 Å². The average molecular weight is 169 g/mol. The molecule has 66 valence electrons. The molecule has 11 heavy (non-hydrogen) atoms. The lowest BCUT2D eigenvalue weighted by Gasteiger charge is -2.12. The van der Waals surface area contributed by atoms with Crippen molar-refractivity contribution in [2.24, 2.45) is 5.92 Å². The highest BCUT2D eigenvalue weighted by molar-refractivity contribution is 4.84. The normalized spacial score (nSPS) is 32.7. The second-order valence-electron chi connectivity index (χ2n) is 2.76. The van der Waals surface area contributed by atoms with Gasteiger partial charge in [-0.3, -0.25) is 0 Å². The molecule has 0 spiro atoms. The number of alkyl halides is 3. The van der Waals surface area contributed by atoms with Gasteiger partial charge in [0.1, 0.15) is 0 Å². The lowest BCUT2D eigenvalue weighted by atomic mass is 10.1. The summed E-state index contributed by atoms with van der Waals surface area (Å²) in [5.74, 6) is -1.28. The fourth-order valence-corrected chi connectivity index (χ4v) is 1.21. The van der Waals surface area contributed by atoms with Gasteiger partial charge in [0.2, 0.25) is 0 Å². The topological polar surface area (TPSA) is 32.3 Å². The zero-order valence-corrected chi connectivity index (χ0v) is 5.86. The van der Waals surface area contributed by atoms with Crippen LogP contribution in [-0.4, -0.2) is 30.5 Å². The minimum absolute atomic E-state index is 0. The van der Waals surface area contributed by atoms with Crippen molar-refractivity contribution >= 4 is 0 Å². The summed E-state index contributed by atoms with van der Waals surface area (Å²) >= 11 is 0. The van der Waals surface area contributed by atoms with E-state index in [0.717, 1.165) is 0 Å². The fourth-order valence-electron chi connectivity index (χ4n) is 1.21. The third-order valence-corrected chi connectivity index (χ3v) is 1.91. The lowest BCUT2D eigenvalue weighted by Crippen LogP contribution is -2.25. The van der Waals surface area contributed by atoms with Crippen LogP contribution in [-0.2, 0) is 0 Å². The van der Waals surface area contributed by atoms with Gasteiger partial charge in [-0.15, -0.1) is 0 Å². The molecule has 0 saturated carbocycles. The molecule has 0 aromatic heterocycles. The lowest BCUT2D eigenvalue weighted by molar-refractivity contribution is -0.169. The molecule has 0 aliphatic carbocycles. The molecule has 2 N–H and O–H groups in total. The quantitative estimate of drug-likeness (QED) is 0.599. The first kappa shape index (κ1) is 8.80. The van der Waals surface area contributed by atoms with E-state index in [1.807, 2.05) is 0 Å². The van der Waals surface area contributed by atoms with E-state index in [9.17, 15) is 13.2 Å². The smallest absolute Gasteiger partial charge is 0.393 e. The maximum atomic E-state index is 11.9. The largest absolute Gasteiger partial charge is 0.395 e. The molecule has 0 amide bonds. The monoisotopic (exact) mass is 169 g/mol. The van der Waals surface area contributed by atoms with Gasteiger partial charge in [-0.2, -0.15) is 13.2 Å². The Hall–Kier alpha value is -0.290. The number of rotatable bonds is 1. The molecular formula is C6H10F3NO. The summed E-state index contributed by atoms with van der Waals surface area (Å²) in [7, 11) is 0. The molecule has 1 rings (SSSR count). The van der Waals surface area contributed by atoms with Crippen molar-refractivity contribution in [2.45, 2.75) is 18.6 Å². The molecule has 2 nitrogen and oxygen atoms in total. The number of halogens is 3. The molecule has 0 unspecified atom stereocenters. The molecule has 1 aliphatic heterocycles. The molecule has 2 atom stereocenters. The van der Waals surface area contributed by atoms with Crippen LogP contribution in [0.4, 0.5) is 13.2 Å². The second-order valence-corrected chi connectivity index (χ2v) is 2.76. The Labute approximate surface area is 62.4 Å². The van der Waals surface area contributed by atoms with Crippen LogP contribution in [0.3, 0.4) is 0 Å². The summed E-state index contributed by atoms with van der Waals surface area (Å²) in [6.45, 7) is -0.276. The predicted octanol–water partition coefficient (Wildman–Crippen LogP) is 0.519. The van der Waals surface area contributed by atoms with Crippen molar-refractivity contribution in [3.63, 3.8) is 0 Å². The van der Waals surface area contributed by atoms with Gasteiger partial charge in [-0.1, -0.05) is 0 Å². The number of hydrogen-bond acceptors (Lipinski definition) is 2. The minimum Gasteiger partial charge on any atom is -0.395 e. The molecule has 1 fully saturated rings. The average Bonchev–Trinajstić information content (AvgIpc) is 2.32. The summed E-state index contributed by atoms with van der Waals surface area (Å²) in [6, 6.07) is -0.373. The predicted molar refractivity (Wildman–Crippen MR) is 33.0 cm³/mol. The molecule has 1 heterocycles. The van der Waals surface area contributed by atoms with Crippen LogP contribution in [0.25, 0.3) is 0 Å². The van der Waals surface area contributed by atoms with Gasteiger partial charge in [-0.05, 0) is 6.42 Å². The van der Waals surface area contributed by atoms with Gasteiger partial charge >= 0.3 is 6.18 Å². The van der Waals surface area contributed by atoms with E-state index in [1.54, 1.807) is 0 Å². The van der Waals surface area contributed by atoms with Crippen LogP contribution in [0, 0.1) is 5.92 Å². The van der Waals surface area contributed by atoms with Crippen molar-refractivity contribution < 1.29 is 18.3 Å². The van der Waals surface area contributed by atoms with Crippen molar-refractivity contribution in [2.75, 3.05) is 13.2 Å². The van der Waals surface area contributed by atoms with Crippen LogP contribution in [0.5, 0.6) is 0 Å². The zero-order chi connectivity index (χ0) is 8.48. The summed E-state index contributed by atoms with van der Waals surface area (Å²) in [6.07, 6.45) is -4.11. The van der Waals surface area contributed by atoms with Crippen LogP contribution in [0.2, 0.25) is 0 Å². The summed E-state index contributed by atoms with van der Waals surface area (Å²) in [4.78, 5) is 0. The summed E-state index contributed by atoms with van der Waals surface area (Å²) in [5, 5.41) is 11.1. The van der Waals surface area contributed by atoms with E-state index in [4.69, 9.17) is 5.11 Å². The van der Waals surface area contributed by atoms with Crippen molar-refractivity contribution in [3.05, 3.63) is 0 Å². The number of hydrogen-bond donors (Lipinski definition) is 2. The fraction of sp³-hybridized carbons (Fsp3) is 1.00. The highest BCUT2D eigenvalue weighted by Crippen LogP contribution is 2.32. The van der Waals surface area contributed by atoms with E-state index < -0.39 is 12.1 Å². The maximum Gasteiger partial charge on any atom is 0.393 e. The first-order chi connectivity index (χ1) is 5.04. The number of nitrogens with one attached hydrogen (secondary N) is 1. The van der Waals surface area contributed by atoms with Gasteiger partial charge in [-0.25, -0.2) is 0 Å². The molecule has 5 heteroatoms. The summed E-state index contributed by atoms with van der Waals surface area (Å²) < 4.78 is 35.8. The number of aliphatic hydroxyl groups is 1. The van der Waals surface area contributed by atoms with Gasteiger partial charge < -0.3 is 10.4 Å². The highest BCUT2D eigenvalue weighted by atomic mass is 19.4. The van der Waals surface area contributed by atoms with E-state index in [0.29, 0.717) is 0 Å². The second kappa shape index (κ2) is 2.98. The van der Waals surface area contributed by atoms with E-state index >= 15 is 0 Å². The molecule has 1 aliphatic rings. The van der Waals surface area contributed by atoms with Gasteiger partial charge in [0.25, 0.3) is 0 Å². The molecule has 0 aromatic carbocycles. The van der Waals surface area contributed by atoms with Crippen LogP contribution in [0.1, 0.15) is 6.42 Å². The first-order valence-electron chi connectivity index (χ1n) is 3.45. The Morgan fingerprint density at radius 2 is 2.09 bits per heavy atom. The van der Waals surface area contributed by atoms with Crippen LogP contribution in [0.15, 0.2) is 0 Å². The zero-order valence-electron chi connectivity index (χ0n) is 5.86. The van der Waals surface area contributed by atoms with Crippen molar-refractivity contribution in [1.29, 1.82) is 0 Å². The Balaban J connectivity index is 2.42.